The molecule has 0 aliphatic carbocycles. The summed E-state index contributed by atoms with van der Waals surface area (Å²) in [4.78, 5) is 12.2. The molecule has 0 saturated carbocycles. The summed E-state index contributed by atoms with van der Waals surface area (Å²) in [7, 11) is 0.527. The molecule has 9 heteroatoms. The second-order valence-corrected chi connectivity index (χ2v) is 7.64. The Balaban J connectivity index is 2.01. The molecule has 0 aromatic heterocycles. The minimum Gasteiger partial charge on any atom is -0.497 e. The number of amides is 1. The molecule has 0 radical (unpaired) electrons. The third-order valence-electron chi connectivity index (χ3n) is 4.02. The Morgan fingerprint density at radius 3 is 2.18 bits per heavy atom. The molecular formula is C19H24N2O6S. The molecule has 8 nitrogen and oxygen atoms in total. The van der Waals surface area contributed by atoms with Crippen LogP contribution in [0.4, 0.5) is 0 Å². The molecule has 0 bridgehead atoms. The van der Waals surface area contributed by atoms with Crippen molar-refractivity contribution in [1.29, 1.82) is 0 Å². The van der Waals surface area contributed by atoms with Gasteiger partial charge in [-0.3, -0.25) is 4.79 Å². The predicted molar refractivity (Wildman–Crippen MR) is 104 cm³/mol. The van der Waals surface area contributed by atoms with Crippen LogP contribution in [0.25, 0.3) is 0 Å². The lowest BCUT2D eigenvalue weighted by atomic mass is 10.2. The molecule has 2 aromatic rings. The van der Waals surface area contributed by atoms with Gasteiger partial charge >= 0.3 is 0 Å². The van der Waals surface area contributed by atoms with Crippen molar-refractivity contribution in [3.8, 4) is 17.2 Å². The van der Waals surface area contributed by atoms with Crippen LogP contribution in [-0.4, -0.2) is 41.7 Å². The topological polar surface area (TPSA) is 103 Å². The van der Waals surface area contributed by atoms with Gasteiger partial charge < -0.3 is 19.5 Å². The standard InChI is InChI=1S/C19H24N2O6S/c1-13(19(22)20-12-14-5-7-15(25-2)8-6-14)21-28(23,24)16-9-10-17(26-3)18(11-16)27-4/h5-11,13,21H,12H2,1-4H3,(H,20,22)/t13-/m1/s1. The lowest BCUT2D eigenvalue weighted by molar-refractivity contribution is -0.122. The summed E-state index contributed by atoms with van der Waals surface area (Å²) >= 11 is 0. The molecule has 28 heavy (non-hydrogen) atoms. The van der Waals surface area contributed by atoms with E-state index in [1.54, 1.807) is 19.2 Å². The first kappa shape index (κ1) is 21.5. The number of hydrogen-bond donors (Lipinski definition) is 2. The van der Waals surface area contributed by atoms with Crippen LogP contribution in [0.3, 0.4) is 0 Å². The quantitative estimate of drug-likeness (QED) is 0.655. The Labute approximate surface area is 164 Å². The summed E-state index contributed by atoms with van der Waals surface area (Å²) in [5, 5.41) is 2.70. The minimum atomic E-state index is -3.92. The lowest BCUT2D eigenvalue weighted by Gasteiger charge is -2.15. The van der Waals surface area contributed by atoms with E-state index in [-0.39, 0.29) is 17.2 Å². The molecule has 2 rings (SSSR count). The van der Waals surface area contributed by atoms with Crippen LogP contribution in [0.1, 0.15) is 12.5 Å². The van der Waals surface area contributed by atoms with Crippen LogP contribution in [0.2, 0.25) is 0 Å². The molecule has 0 aliphatic heterocycles. The Morgan fingerprint density at radius 2 is 1.61 bits per heavy atom. The Hall–Kier alpha value is -2.78. The summed E-state index contributed by atoms with van der Waals surface area (Å²) in [6.07, 6.45) is 0. The summed E-state index contributed by atoms with van der Waals surface area (Å²) in [5.41, 5.74) is 0.865. The summed E-state index contributed by atoms with van der Waals surface area (Å²) in [6.45, 7) is 1.74. The summed E-state index contributed by atoms with van der Waals surface area (Å²) in [5.74, 6) is 0.958. The number of rotatable bonds is 9. The molecule has 0 heterocycles. The second kappa shape index (κ2) is 9.43. The molecular weight excluding hydrogens is 384 g/mol. The molecule has 1 amide bonds. The van der Waals surface area contributed by atoms with Crippen LogP contribution in [0, 0.1) is 0 Å². The first-order valence-corrected chi connectivity index (χ1v) is 9.94. The number of carbonyl (C=O) groups is 1. The zero-order valence-electron chi connectivity index (χ0n) is 16.2. The van der Waals surface area contributed by atoms with Gasteiger partial charge in [0.25, 0.3) is 0 Å². The average molecular weight is 408 g/mol. The van der Waals surface area contributed by atoms with Gasteiger partial charge in [0.2, 0.25) is 15.9 Å². The van der Waals surface area contributed by atoms with Crippen LogP contribution in [-0.2, 0) is 21.4 Å². The van der Waals surface area contributed by atoms with Crippen molar-refractivity contribution in [3.63, 3.8) is 0 Å². The van der Waals surface area contributed by atoms with Gasteiger partial charge in [-0.25, -0.2) is 8.42 Å². The number of hydrogen-bond acceptors (Lipinski definition) is 6. The highest BCUT2D eigenvalue weighted by molar-refractivity contribution is 7.89. The molecule has 2 aromatic carbocycles. The molecule has 0 saturated heterocycles. The third kappa shape index (κ3) is 5.37. The smallest absolute Gasteiger partial charge is 0.241 e. The van der Waals surface area contributed by atoms with Gasteiger partial charge in [0.05, 0.1) is 32.3 Å². The molecule has 1 atom stereocenters. The largest absolute Gasteiger partial charge is 0.497 e. The van der Waals surface area contributed by atoms with E-state index in [0.717, 1.165) is 5.56 Å². The minimum absolute atomic E-state index is 0.0278. The van der Waals surface area contributed by atoms with Crippen molar-refractivity contribution in [2.75, 3.05) is 21.3 Å². The Morgan fingerprint density at radius 1 is 0.964 bits per heavy atom. The summed E-state index contributed by atoms with van der Waals surface area (Å²) < 4.78 is 42.8. The lowest BCUT2D eigenvalue weighted by Crippen LogP contribution is -2.44. The van der Waals surface area contributed by atoms with Gasteiger partial charge in [0, 0.05) is 12.6 Å². The van der Waals surface area contributed by atoms with Crippen LogP contribution >= 0.6 is 0 Å². The predicted octanol–water partition coefficient (Wildman–Crippen LogP) is 1.70. The molecule has 0 unspecified atom stereocenters. The highest BCUT2D eigenvalue weighted by atomic mass is 32.2. The monoisotopic (exact) mass is 408 g/mol. The van der Waals surface area contributed by atoms with E-state index in [0.29, 0.717) is 11.5 Å². The number of carbonyl (C=O) groups excluding carboxylic acids is 1. The number of methoxy groups -OCH3 is 3. The van der Waals surface area contributed by atoms with Crippen molar-refractivity contribution in [2.45, 2.75) is 24.4 Å². The van der Waals surface area contributed by atoms with Gasteiger partial charge in [-0.2, -0.15) is 4.72 Å². The fourth-order valence-electron chi connectivity index (χ4n) is 2.42. The van der Waals surface area contributed by atoms with E-state index in [4.69, 9.17) is 14.2 Å². The second-order valence-electron chi connectivity index (χ2n) is 5.93. The SMILES string of the molecule is COc1ccc(CNC(=O)[C@@H](C)NS(=O)(=O)c2ccc(OC)c(OC)c2)cc1. The Bertz CT molecular complexity index is 913. The Kier molecular flexibility index (Phi) is 7.24. The van der Waals surface area contributed by atoms with E-state index < -0.39 is 22.0 Å². The number of ether oxygens (including phenoxy) is 3. The number of benzene rings is 2. The zero-order chi connectivity index (χ0) is 20.7. The molecule has 0 spiro atoms. The van der Waals surface area contributed by atoms with Crippen LogP contribution in [0.15, 0.2) is 47.4 Å². The van der Waals surface area contributed by atoms with E-state index in [1.165, 1.54) is 39.3 Å². The van der Waals surface area contributed by atoms with Crippen LogP contribution < -0.4 is 24.2 Å². The van der Waals surface area contributed by atoms with Gasteiger partial charge in [-0.15, -0.1) is 0 Å². The fraction of sp³-hybridized carbons (Fsp3) is 0.316. The van der Waals surface area contributed by atoms with E-state index in [1.807, 2.05) is 12.1 Å². The van der Waals surface area contributed by atoms with Crippen molar-refractivity contribution in [1.82, 2.24) is 10.0 Å². The maximum Gasteiger partial charge on any atom is 0.241 e. The maximum atomic E-state index is 12.6. The van der Waals surface area contributed by atoms with E-state index in [2.05, 4.69) is 10.0 Å². The first-order chi connectivity index (χ1) is 13.3. The van der Waals surface area contributed by atoms with E-state index >= 15 is 0 Å². The molecule has 2 N–H and O–H groups in total. The van der Waals surface area contributed by atoms with E-state index in [9.17, 15) is 13.2 Å². The highest BCUT2D eigenvalue weighted by Crippen LogP contribution is 2.29. The van der Waals surface area contributed by atoms with Gasteiger partial charge in [0.15, 0.2) is 11.5 Å². The van der Waals surface area contributed by atoms with Gasteiger partial charge in [0.1, 0.15) is 5.75 Å². The molecule has 152 valence electrons. The first-order valence-electron chi connectivity index (χ1n) is 8.45. The highest BCUT2D eigenvalue weighted by Gasteiger charge is 2.23. The van der Waals surface area contributed by atoms with Crippen molar-refractivity contribution in [2.24, 2.45) is 0 Å². The third-order valence-corrected chi connectivity index (χ3v) is 5.55. The summed E-state index contributed by atoms with van der Waals surface area (Å²) in [6, 6.07) is 10.4. The zero-order valence-corrected chi connectivity index (χ0v) is 17.0. The molecule has 0 aliphatic rings. The number of nitrogens with one attached hydrogen (secondary N) is 2. The maximum absolute atomic E-state index is 12.6. The molecule has 0 fully saturated rings. The van der Waals surface area contributed by atoms with Crippen molar-refractivity contribution in [3.05, 3.63) is 48.0 Å². The average Bonchev–Trinajstić information content (AvgIpc) is 2.71. The van der Waals surface area contributed by atoms with Crippen molar-refractivity contribution < 1.29 is 27.4 Å². The van der Waals surface area contributed by atoms with Crippen molar-refractivity contribution >= 4 is 15.9 Å². The normalized spacial score (nSPS) is 12.1. The van der Waals surface area contributed by atoms with Crippen LogP contribution in [0.5, 0.6) is 17.2 Å². The number of sulfonamides is 1. The fourth-order valence-corrected chi connectivity index (χ4v) is 3.64. The van der Waals surface area contributed by atoms with Gasteiger partial charge in [-0.05, 0) is 36.8 Å². The van der Waals surface area contributed by atoms with Gasteiger partial charge in [-0.1, -0.05) is 12.1 Å².